The molecule has 0 heterocycles. The maximum Gasteiger partial charge on any atom is 0.316 e. The van der Waals surface area contributed by atoms with Crippen molar-refractivity contribution in [1.82, 2.24) is 0 Å². The first-order valence-electron chi connectivity index (χ1n) is 8.70. The molecular formula is C22H19Cl2NO3. The molecule has 3 unspecified atom stereocenters. The lowest BCUT2D eigenvalue weighted by molar-refractivity contribution is -0.146. The molecule has 1 N–H and O–H groups in total. The minimum absolute atomic E-state index is 0.114. The predicted molar refractivity (Wildman–Crippen MR) is 108 cm³/mol. The van der Waals surface area contributed by atoms with E-state index in [0.29, 0.717) is 11.3 Å². The molecule has 0 amide bonds. The summed E-state index contributed by atoms with van der Waals surface area (Å²) < 4.78 is 6.13. The zero-order chi connectivity index (χ0) is 20.6. The number of halogens is 2. The molecule has 0 aromatic heterocycles. The Bertz CT molecular complexity index is 949. The Morgan fingerprint density at radius 2 is 1.64 bits per heavy atom. The van der Waals surface area contributed by atoms with Crippen molar-refractivity contribution in [3.63, 3.8) is 0 Å². The van der Waals surface area contributed by atoms with Gasteiger partial charge in [-0.15, -0.1) is 0 Å². The highest BCUT2D eigenvalue weighted by molar-refractivity contribution is 6.56. The molecule has 28 heavy (non-hydrogen) atoms. The molecule has 1 aliphatic rings. The number of para-hydroxylation sites is 1. The maximum absolute atomic E-state index is 12.7. The van der Waals surface area contributed by atoms with E-state index in [1.807, 2.05) is 12.1 Å². The number of hydrogen-bond donors (Lipinski definition) is 1. The van der Waals surface area contributed by atoms with E-state index in [2.05, 4.69) is 6.07 Å². The van der Waals surface area contributed by atoms with Gasteiger partial charge in [-0.25, -0.2) is 0 Å². The lowest BCUT2D eigenvalue weighted by atomic mass is 9.78. The van der Waals surface area contributed by atoms with Gasteiger partial charge in [-0.3, -0.25) is 4.79 Å². The monoisotopic (exact) mass is 415 g/mol. The lowest BCUT2D eigenvalue weighted by Gasteiger charge is -2.25. The van der Waals surface area contributed by atoms with Gasteiger partial charge in [0.1, 0.15) is 15.7 Å². The molecule has 1 aliphatic carbocycles. The average Bonchev–Trinajstić information content (AvgIpc) is 3.06. The highest BCUT2D eigenvalue weighted by Crippen LogP contribution is 2.79. The van der Waals surface area contributed by atoms with Gasteiger partial charge >= 0.3 is 5.97 Å². The number of nitriles is 1. The Kier molecular flexibility index (Phi) is 5.18. The van der Waals surface area contributed by atoms with Crippen LogP contribution in [0.5, 0.6) is 5.75 Å². The summed E-state index contributed by atoms with van der Waals surface area (Å²) in [6, 6.07) is 19.9. The van der Waals surface area contributed by atoms with Crippen LogP contribution in [0.2, 0.25) is 0 Å². The van der Waals surface area contributed by atoms with E-state index in [1.165, 1.54) is 6.08 Å². The van der Waals surface area contributed by atoms with Crippen LogP contribution in [0.15, 0.2) is 71.2 Å². The minimum Gasteiger partial charge on any atom is -0.481 e. The zero-order valence-corrected chi connectivity index (χ0v) is 16.9. The van der Waals surface area contributed by atoms with Crippen LogP contribution >= 0.6 is 23.2 Å². The topological polar surface area (TPSA) is 70.3 Å². The SMILES string of the molecule is CC1(C)C(C=C(Cl)Cl)(Oc2ccccc2)C1(C(=O)O)C(C#N)c1ccccc1. The normalized spacial score (nSPS) is 25.8. The van der Waals surface area contributed by atoms with Gasteiger partial charge in [0.05, 0.1) is 12.0 Å². The summed E-state index contributed by atoms with van der Waals surface area (Å²) in [6.45, 7) is 3.51. The highest BCUT2D eigenvalue weighted by Gasteiger charge is 2.91. The highest BCUT2D eigenvalue weighted by atomic mass is 35.5. The van der Waals surface area contributed by atoms with E-state index in [-0.39, 0.29) is 4.49 Å². The Hall–Kier alpha value is -2.48. The van der Waals surface area contributed by atoms with Crippen LogP contribution < -0.4 is 4.74 Å². The molecule has 3 rings (SSSR count). The van der Waals surface area contributed by atoms with Crippen molar-refractivity contribution >= 4 is 29.2 Å². The quantitative estimate of drug-likeness (QED) is 0.671. The molecule has 0 aliphatic heterocycles. The summed E-state index contributed by atoms with van der Waals surface area (Å²) in [7, 11) is 0. The summed E-state index contributed by atoms with van der Waals surface area (Å²) in [6.07, 6.45) is 1.41. The summed E-state index contributed by atoms with van der Waals surface area (Å²) in [5, 5.41) is 20.4. The molecular weight excluding hydrogens is 397 g/mol. The zero-order valence-electron chi connectivity index (χ0n) is 15.4. The van der Waals surface area contributed by atoms with Crippen LogP contribution in [-0.2, 0) is 4.79 Å². The van der Waals surface area contributed by atoms with Crippen LogP contribution in [0.1, 0.15) is 25.3 Å². The predicted octanol–water partition coefficient (Wildman–Crippen LogP) is 5.54. The maximum atomic E-state index is 12.7. The number of ether oxygens (including phenoxy) is 1. The van der Waals surface area contributed by atoms with E-state index < -0.39 is 28.3 Å². The van der Waals surface area contributed by atoms with Gasteiger partial charge in [0.25, 0.3) is 0 Å². The molecule has 144 valence electrons. The van der Waals surface area contributed by atoms with Gasteiger partial charge < -0.3 is 9.84 Å². The smallest absolute Gasteiger partial charge is 0.316 e. The third-order valence-corrected chi connectivity index (χ3v) is 6.02. The number of rotatable bonds is 6. The van der Waals surface area contributed by atoms with Gasteiger partial charge in [-0.1, -0.05) is 85.6 Å². The van der Waals surface area contributed by atoms with Crippen LogP contribution in [0.4, 0.5) is 0 Å². The standard InChI is InChI=1S/C22H19Cl2NO3/c1-20(2)21(13-18(23)24,28-16-11-7-4-8-12-16)22(20,19(26)27)17(14-25)15-9-5-3-6-10-15/h3-13,17H,1-2H3,(H,26,27). The van der Waals surface area contributed by atoms with E-state index in [4.69, 9.17) is 27.9 Å². The number of carboxylic acids is 1. The molecule has 2 aromatic carbocycles. The number of carbonyl (C=O) groups is 1. The molecule has 0 saturated heterocycles. The number of carboxylic acid groups (broad SMARTS) is 1. The largest absolute Gasteiger partial charge is 0.481 e. The molecule has 3 atom stereocenters. The second-order valence-corrected chi connectivity index (χ2v) is 8.30. The third kappa shape index (κ3) is 2.70. The van der Waals surface area contributed by atoms with Crippen molar-refractivity contribution < 1.29 is 14.6 Å². The Morgan fingerprint density at radius 3 is 2.11 bits per heavy atom. The molecule has 0 spiro atoms. The van der Waals surface area contributed by atoms with E-state index in [9.17, 15) is 15.2 Å². The first-order valence-corrected chi connectivity index (χ1v) is 9.46. The summed E-state index contributed by atoms with van der Waals surface area (Å²) in [5.74, 6) is -1.65. The Balaban J connectivity index is 2.25. The first-order chi connectivity index (χ1) is 13.2. The van der Waals surface area contributed by atoms with Crippen molar-refractivity contribution in [3.05, 3.63) is 76.8 Å². The summed E-state index contributed by atoms with van der Waals surface area (Å²) in [5.41, 5.74) is -3.39. The lowest BCUT2D eigenvalue weighted by Crippen LogP contribution is -2.36. The van der Waals surface area contributed by atoms with E-state index in [1.54, 1.807) is 62.4 Å². The third-order valence-electron chi connectivity index (χ3n) is 5.80. The number of hydrogen-bond acceptors (Lipinski definition) is 3. The second kappa shape index (κ2) is 7.16. The fourth-order valence-corrected chi connectivity index (χ4v) is 4.76. The van der Waals surface area contributed by atoms with Crippen LogP contribution in [0.3, 0.4) is 0 Å². The number of nitrogens with zero attached hydrogens (tertiary/aromatic N) is 1. The summed E-state index contributed by atoms with van der Waals surface area (Å²) in [4.78, 5) is 12.7. The molecule has 1 fully saturated rings. The Labute approximate surface area is 174 Å². The fourth-order valence-electron chi connectivity index (χ4n) is 4.45. The molecule has 0 radical (unpaired) electrons. The van der Waals surface area contributed by atoms with E-state index in [0.717, 1.165) is 0 Å². The molecule has 4 nitrogen and oxygen atoms in total. The number of benzene rings is 2. The van der Waals surface area contributed by atoms with Crippen molar-refractivity contribution in [2.75, 3.05) is 0 Å². The Morgan fingerprint density at radius 1 is 1.11 bits per heavy atom. The van der Waals surface area contributed by atoms with Gasteiger partial charge in [0, 0.05) is 5.41 Å². The minimum atomic E-state index is -1.60. The van der Waals surface area contributed by atoms with Gasteiger partial charge in [-0.2, -0.15) is 5.26 Å². The van der Waals surface area contributed by atoms with Gasteiger partial charge in [-0.05, 0) is 23.8 Å². The van der Waals surface area contributed by atoms with Crippen LogP contribution in [0, 0.1) is 22.2 Å². The van der Waals surface area contributed by atoms with Crippen molar-refractivity contribution in [2.24, 2.45) is 10.8 Å². The van der Waals surface area contributed by atoms with Gasteiger partial charge in [0.15, 0.2) is 5.60 Å². The van der Waals surface area contributed by atoms with Gasteiger partial charge in [0.2, 0.25) is 0 Å². The van der Waals surface area contributed by atoms with Crippen LogP contribution in [-0.4, -0.2) is 16.7 Å². The van der Waals surface area contributed by atoms with Crippen LogP contribution in [0.25, 0.3) is 0 Å². The van der Waals surface area contributed by atoms with Crippen molar-refractivity contribution in [2.45, 2.75) is 25.4 Å². The molecule has 1 saturated carbocycles. The molecule has 2 aromatic rings. The molecule has 6 heteroatoms. The van der Waals surface area contributed by atoms with E-state index >= 15 is 0 Å². The average molecular weight is 416 g/mol. The summed E-state index contributed by atoms with van der Waals surface area (Å²) >= 11 is 12.0. The molecule has 0 bridgehead atoms. The number of aliphatic carboxylic acids is 1. The first kappa shape index (κ1) is 20.3. The fraction of sp³-hybridized carbons (Fsp3) is 0.273. The van der Waals surface area contributed by atoms with Crippen molar-refractivity contribution in [3.8, 4) is 11.8 Å². The second-order valence-electron chi connectivity index (χ2n) is 7.30. The van der Waals surface area contributed by atoms with Crippen molar-refractivity contribution in [1.29, 1.82) is 5.26 Å².